The first kappa shape index (κ1) is 10.8. The molecule has 0 saturated heterocycles. The largest absolute Gasteiger partial charge is 0.331 e. The molecule has 4 nitrogen and oxygen atoms in total. The molecule has 2 aromatic rings. The van der Waals surface area contributed by atoms with Gasteiger partial charge in [-0.05, 0) is 17.7 Å². The van der Waals surface area contributed by atoms with Crippen molar-refractivity contribution in [1.29, 1.82) is 0 Å². The number of aromatic amines is 1. The van der Waals surface area contributed by atoms with Gasteiger partial charge >= 0.3 is 0 Å². The molecular formula is C14H13N3O. The van der Waals surface area contributed by atoms with Crippen LogP contribution in [0, 0.1) is 0 Å². The lowest BCUT2D eigenvalue weighted by molar-refractivity contribution is 0.0800. The van der Waals surface area contributed by atoms with E-state index in [1.807, 2.05) is 47.5 Å². The Morgan fingerprint density at radius 2 is 2.06 bits per heavy atom. The van der Waals surface area contributed by atoms with Gasteiger partial charge < -0.3 is 4.90 Å². The van der Waals surface area contributed by atoms with Crippen molar-refractivity contribution in [2.24, 2.45) is 0 Å². The van der Waals surface area contributed by atoms with Crippen molar-refractivity contribution >= 4 is 5.91 Å². The molecule has 90 valence electrons. The number of nitrogens with zero attached hydrogens (tertiary/aromatic N) is 2. The van der Waals surface area contributed by atoms with Gasteiger partial charge in [-0.2, -0.15) is 5.10 Å². The molecule has 4 heteroatoms. The van der Waals surface area contributed by atoms with Crippen molar-refractivity contribution in [1.82, 2.24) is 15.1 Å². The topological polar surface area (TPSA) is 49.0 Å². The van der Waals surface area contributed by atoms with Crippen LogP contribution in [0.1, 0.15) is 10.4 Å². The van der Waals surface area contributed by atoms with Crippen LogP contribution in [-0.2, 0) is 0 Å². The standard InChI is InChI=1S/C14H13N3O/c18-14(17-6-1-2-7-17)12-5-3-4-11(8-12)13-9-15-16-10-13/h1-5,8-10H,6-7H2,(H,15,16). The van der Waals surface area contributed by atoms with E-state index in [2.05, 4.69) is 10.2 Å². The first-order valence-corrected chi connectivity index (χ1v) is 5.88. The van der Waals surface area contributed by atoms with Crippen molar-refractivity contribution < 1.29 is 4.79 Å². The number of carbonyl (C=O) groups is 1. The van der Waals surface area contributed by atoms with Crippen LogP contribution in [0.4, 0.5) is 0 Å². The van der Waals surface area contributed by atoms with Gasteiger partial charge in [0.1, 0.15) is 0 Å². The molecule has 18 heavy (non-hydrogen) atoms. The van der Waals surface area contributed by atoms with Crippen LogP contribution in [0.15, 0.2) is 48.8 Å². The molecule has 1 aromatic heterocycles. The first-order chi connectivity index (χ1) is 8.84. The third-order valence-electron chi connectivity index (χ3n) is 3.05. The zero-order valence-electron chi connectivity index (χ0n) is 9.84. The molecule has 0 atom stereocenters. The summed E-state index contributed by atoms with van der Waals surface area (Å²) in [6, 6.07) is 7.64. The smallest absolute Gasteiger partial charge is 0.254 e. The number of nitrogens with one attached hydrogen (secondary N) is 1. The second-order valence-electron chi connectivity index (χ2n) is 4.25. The first-order valence-electron chi connectivity index (χ1n) is 5.88. The Labute approximate surface area is 105 Å². The van der Waals surface area contributed by atoms with Gasteiger partial charge in [0.15, 0.2) is 0 Å². The van der Waals surface area contributed by atoms with Crippen LogP contribution in [0.2, 0.25) is 0 Å². The lowest BCUT2D eigenvalue weighted by atomic mass is 10.1. The fourth-order valence-electron chi connectivity index (χ4n) is 2.07. The lowest BCUT2D eigenvalue weighted by Gasteiger charge is -2.15. The summed E-state index contributed by atoms with van der Waals surface area (Å²) in [7, 11) is 0. The number of H-pyrrole nitrogens is 1. The molecule has 0 unspecified atom stereocenters. The SMILES string of the molecule is O=C(c1cccc(-c2cn[nH]c2)c1)N1CC=CC1. The molecule has 2 heterocycles. The molecule has 1 aliphatic rings. The van der Waals surface area contributed by atoms with Gasteiger partial charge in [-0.25, -0.2) is 0 Å². The summed E-state index contributed by atoms with van der Waals surface area (Å²) in [6.07, 6.45) is 7.59. The summed E-state index contributed by atoms with van der Waals surface area (Å²) >= 11 is 0. The quantitative estimate of drug-likeness (QED) is 0.816. The fraction of sp³-hybridized carbons (Fsp3) is 0.143. The Morgan fingerprint density at radius 1 is 1.22 bits per heavy atom. The molecule has 0 spiro atoms. The van der Waals surface area contributed by atoms with E-state index in [4.69, 9.17) is 0 Å². The molecule has 1 N–H and O–H groups in total. The fourth-order valence-corrected chi connectivity index (χ4v) is 2.07. The molecule has 3 rings (SSSR count). The Bertz CT molecular complexity index is 579. The zero-order chi connectivity index (χ0) is 12.4. The number of carbonyl (C=O) groups excluding carboxylic acids is 1. The number of benzene rings is 1. The highest BCUT2D eigenvalue weighted by Gasteiger charge is 2.16. The predicted octanol–water partition coefficient (Wildman–Crippen LogP) is 2.09. The minimum atomic E-state index is 0.0744. The van der Waals surface area contributed by atoms with Gasteiger partial charge in [0.25, 0.3) is 5.91 Å². The number of amides is 1. The maximum atomic E-state index is 12.2. The average molecular weight is 239 g/mol. The highest BCUT2D eigenvalue weighted by Crippen LogP contribution is 2.20. The number of hydrogen-bond acceptors (Lipinski definition) is 2. The van der Waals surface area contributed by atoms with Gasteiger partial charge in [-0.15, -0.1) is 0 Å². The molecule has 1 aromatic carbocycles. The van der Waals surface area contributed by atoms with Crippen molar-refractivity contribution in [3.05, 3.63) is 54.4 Å². The predicted molar refractivity (Wildman–Crippen MR) is 69.1 cm³/mol. The number of rotatable bonds is 2. The molecule has 0 bridgehead atoms. The van der Waals surface area contributed by atoms with E-state index in [1.165, 1.54) is 0 Å². The summed E-state index contributed by atoms with van der Waals surface area (Å²) < 4.78 is 0. The highest BCUT2D eigenvalue weighted by atomic mass is 16.2. The van der Waals surface area contributed by atoms with E-state index in [1.54, 1.807) is 6.20 Å². The van der Waals surface area contributed by atoms with Gasteiger partial charge in [0.2, 0.25) is 0 Å². The number of hydrogen-bond donors (Lipinski definition) is 1. The van der Waals surface area contributed by atoms with Crippen molar-refractivity contribution in [2.75, 3.05) is 13.1 Å². The second kappa shape index (κ2) is 4.49. The van der Waals surface area contributed by atoms with E-state index in [9.17, 15) is 4.79 Å². The normalized spacial score (nSPS) is 14.1. The van der Waals surface area contributed by atoms with Crippen molar-refractivity contribution in [3.8, 4) is 11.1 Å². The molecule has 1 amide bonds. The van der Waals surface area contributed by atoms with Crippen LogP contribution in [0.5, 0.6) is 0 Å². The monoisotopic (exact) mass is 239 g/mol. The van der Waals surface area contributed by atoms with Crippen molar-refractivity contribution in [2.45, 2.75) is 0 Å². The molecule has 0 radical (unpaired) electrons. The molecular weight excluding hydrogens is 226 g/mol. The summed E-state index contributed by atoms with van der Waals surface area (Å²) in [5.74, 6) is 0.0744. The Hall–Kier alpha value is -2.36. The maximum Gasteiger partial charge on any atom is 0.254 e. The van der Waals surface area contributed by atoms with E-state index in [-0.39, 0.29) is 5.91 Å². The minimum absolute atomic E-state index is 0.0744. The summed E-state index contributed by atoms with van der Waals surface area (Å²) in [5.41, 5.74) is 2.71. The van der Waals surface area contributed by atoms with E-state index >= 15 is 0 Å². The van der Waals surface area contributed by atoms with Gasteiger partial charge in [-0.1, -0.05) is 24.3 Å². The summed E-state index contributed by atoms with van der Waals surface area (Å²) in [6.45, 7) is 1.41. The highest BCUT2D eigenvalue weighted by molar-refractivity contribution is 5.95. The van der Waals surface area contributed by atoms with Crippen LogP contribution in [0.25, 0.3) is 11.1 Å². The molecule has 1 aliphatic heterocycles. The third kappa shape index (κ3) is 1.93. The van der Waals surface area contributed by atoms with Crippen LogP contribution >= 0.6 is 0 Å². The Kier molecular flexibility index (Phi) is 2.68. The average Bonchev–Trinajstić information content (AvgIpc) is 3.11. The zero-order valence-corrected chi connectivity index (χ0v) is 9.84. The summed E-state index contributed by atoms with van der Waals surface area (Å²) in [5, 5.41) is 6.70. The van der Waals surface area contributed by atoms with Crippen LogP contribution < -0.4 is 0 Å². The second-order valence-corrected chi connectivity index (χ2v) is 4.25. The molecule has 0 aliphatic carbocycles. The van der Waals surface area contributed by atoms with E-state index < -0.39 is 0 Å². The van der Waals surface area contributed by atoms with E-state index in [0.29, 0.717) is 13.1 Å². The van der Waals surface area contributed by atoms with Gasteiger partial charge in [0.05, 0.1) is 6.20 Å². The number of aromatic nitrogens is 2. The van der Waals surface area contributed by atoms with Gasteiger partial charge in [-0.3, -0.25) is 9.89 Å². The third-order valence-corrected chi connectivity index (χ3v) is 3.05. The molecule has 0 fully saturated rings. The van der Waals surface area contributed by atoms with Crippen molar-refractivity contribution in [3.63, 3.8) is 0 Å². The summed E-state index contributed by atoms with van der Waals surface area (Å²) in [4.78, 5) is 14.0. The Morgan fingerprint density at radius 3 is 2.78 bits per heavy atom. The minimum Gasteiger partial charge on any atom is -0.331 e. The van der Waals surface area contributed by atoms with Crippen LogP contribution in [-0.4, -0.2) is 34.1 Å². The maximum absolute atomic E-state index is 12.2. The lowest BCUT2D eigenvalue weighted by Crippen LogP contribution is -2.28. The Balaban J connectivity index is 1.89. The molecule has 0 saturated carbocycles. The van der Waals surface area contributed by atoms with Gasteiger partial charge in [0, 0.05) is 30.4 Å². The van der Waals surface area contributed by atoms with E-state index in [0.717, 1.165) is 16.7 Å². The van der Waals surface area contributed by atoms with Crippen LogP contribution in [0.3, 0.4) is 0 Å².